The zero-order chi connectivity index (χ0) is 7.61. The summed E-state index contributed by atoms with van der Waals surface area (Å²) < 4.78 is 0. The lowest BCUT2D eigenvalue weighted by Gasteiger charge is -2.18. The van der Waals surface area contributed by atoms with E-state index >= 15 is 0 Å². The molecule has 2 heteroatoms. The summed E-state index contributed by atoms with van der Waals surface area (Å²) in [5.74, 6) is 0. The maximum absolute atomic E-state index is 9.25. The Hall–Kier alpha value is -0.0800. The quantitative estimate of drug-likeness (QED) is 0.580. The van der Waals surface area contributed by atoms with Gasteiger partial charge in [0.2, 0.25) is 0 Å². The number of hydrogen-bond donors (Lipinski definition) is 2. The molecular weight excluding hydrogens is 126 g/mol. The normalized spacial score (nSPS) is 24.3. The largest absolute Gasteiger partial charge is 0.379 e. The number of rotatable bonds is 4. The third-order valence-corrected chi connectivity index (χ3v) is 2.39. The summed E-state index contributed by atoms with van der Waals surface area (Å²) >= 11 is 0. The van der Waals surface area contributed by atoms with Crippen LogP contribution in [0.3, 0.4) is 0 Å². The Bertz CT molecular complexity index is 110. The second-order valence-corrected chi connectivity index (χ2v) is 3.20. The fourth-order valence-corrected chi connectivity index (χ4v) is 1.21. The van der Waals surface area contributed by atoms with E-state index in [1.54, 1.807) is 0 Å². The highest BCUT2D eigenvalue weighted by Gasteiger charge is 2.41. The number of aliphatic hydroxyl groups is 1. The van der Waals surface area contributed by atoms with Gasteiger partial charge < -0.3 is 5.11 Å². The second-order valence-electron chi connectivity index (χ2n) is 3.20. The van der Waals surface area contributed by atoms with Crippen LogP contribution in [0.25, 0.3) is 0 Å². The number of aliphatic hydroxyl groups excluding tert-OH is 1. The maximum Gasteiger partial charge on any atom is 0.105 e. The molecule has 0 spiro atoms. The molecule has 0 aliphatic heterocycles. The van der Waals surface area contributed by atoms with Crippen LogP contribution in [-0.4, -0.2) is 16.9 Å². The molecule has 1 aliphatic carbocycles. The molecule has 1 saturated carbocycles. The SMILES string of the molecule is CC[C@H](O)NC1(CC)CC1. The minimum atomic E-state index is -0.289. The van der Waals surface area contributed by atoms with Crippen molar-refractivity contribution in [2.75, 3.05) is 0 Å². The van der Waals surface area contributed by atoms with Gasteiger partial charge in [-0.3, -0.25) is 5.32 Å². The molecule has 1 rings (SSSR count). The first-order valence-corrected chi connectivity index (χ1v) is 4.18. The lowest BCUT2D eigenvalue weighted by atomic mass is 10.2. The van der Waals surface area contributed by atoms with E-state index in [-0.39, 0.29) is 6.23 Å². The van der Waals surface area contributed by atoms with Crippen molar-refractivity contribution >= 4 is 0 Å². The van der Waals surface area contributed by atoms with Gasteiger partial charge in [0.25, 0.3) is 0 Å². The molecule has 0 radical (unpaired) electrons. The fourth-order valence-electron chi connectivity index (χ4n) is 1.21. The topological polar surface area (TPSA) is 32.3 Å². The monoisotopic (exact) mass is 143 g/mol. The van der Waals surface area contributed by atoms with Crippen LogP contribution in [0.4, 0.5) is 0 Å². The summed E-state index contributed by atoms with van der Waals surface area (Å²) in [5.41, 5.74) is 0.315. The highest BCUT2D eigenvalue weighted by molar-refractivity contribution is 5.00. The zero-order valence-electron chi connectivity index (χ0n) is 6.85. The van der Waals surface area contributed by atoms with Gasteiger partial charge in [0, 0.05) is 5.54 Å². The third kappa shape index (κ3) is 1.70. The van der Waals surface area contributed by atoms with Crippen molar-refractivity contribution in [3.63, 3.8) is 0 Å². The molecule has 2 nitrogen and oxygen atoms in total. The van der Waals surface area contributed by atoms with Gasteiger partial charge in [0.05, 0.1) is 0 Å². The van der Waals surface area contributed by atoms with E-state index in [9.17, 15) is 5.11 Å². The Balaban J connectivity index is 2.23. The molecule has 1 aliphatic rings. The summed E-state index contributed by atoms with van der Waals surface area (Å²) in [4.78, 5) is 0. The van der Waals surface area contributed by atoms with Crippen LogP contribution in [0.2, 0.25) is 0 Å². The minimum absolute atomic E-state index is 0.289. The van der Waals surface area contributed by atoms with Crippen molar-refractivity contribution in [2.45, 2.75) is 51.3 Å². The summed E-state index contributed by atoms with van der Waals surface area (Å²) in [6, 6.07) is 0. The third-order valence-electron chi connectivity index (χ3n) is 2.39. The Morgan fingerprint density at radius 1 is 1.50 bits per heavy atom. The van der Waals surface area contributed by atoms with Crippen LogP contribution in [0.15, 0.2) is 0 Å². The molecule has 1 atom stereocenters. The molecule has 0 saturated heterocycles. The molecule has 0 amide bonds. The lowest BCUT2D eigenvalue weighted by molar-refractivity contribution is 0.112. The van der Waals surface area contributed by atoms with Crippen LogP contribution in [0.5, 0.6) is 0 Å². The Labute approximate surface area is 62.6 Å². The smallest absolute Gasteiger partial charge is 0.105 e. The zero-order valence-corrected chi connectivity index (χ0v) is 6.85. The van der Waals surface area contributed by atoms with Gasteiger partial charge in [-0.05, 0) is 25.7 Å². The van der Waals surface area contributed by atoms with E-state index in [2.05, 4.69) is 12.2 Å². The molecule has 0 aromatic carbocycles. The molecule has 2 N–H and O–H groups in total. The first-order chi connectivity index (χ1) is 4.72. The highest BCUT2D eigenvalue weighted by atomic mass is 16.3. The summed E-state index contributed by atoms with van der Waals surface area (Å²) in [5, 5.41) is 12.5. The van der Waals surface area contributed by atoms with Gasteiger partial charge >= 0.3 is 0 Å². The lowest BCUT2D eigenvalue weighted by Crippen LogP contribution is -2.39. The molecule has 0 bridgehead atoms. The van der Waals surface area contributed by atoms with Gasteiger partial charge in [0.1, 0.15) is 6.23 Å². The van der Waals surface area contributed by atoms with Gasteiger partial charge in [-0.1, -0.05) is 13.8 Å². The van der Waals surface area contributed by atoms with Crippen LogP contribution in [-0.2, 0) is 0 Å². The van der Waals surface area contributed by atoms with E-state index in [4.69, 9.17) is 0 Å². The van der Waals surface area contributed by atoms with E-state index in [0.717, 1.165) is 12.8 Å². The van der Waals surface area contributed by atoms with Crippen molar-refractivity contribution in [2.24, 2.45) is 0 Å². The second kappa shape index (κ2) is 2.89. The van der Waals surface area contributed by atoms with E-state index < -0.39 is 0 Å². The van der Waals surface area contributed by atoms with Gasteiger partial charge in [0.15, 0.2) is 0 Å². The van der Waals surface area contributed by atoms with Crippen molar-refractivity contribution in [3.8, 4) is 0 Å². The van der Waals surface area contributed by atoms with Crippen LogP contribution < -0.4 is 5.32 Å². The predicted molar refractivity (Wildman–Crippen MR) is 41.7 cm³/mol. The van der Waals surface area contributed by atoms with Crippen LogP contribution in [0, 0.1) is 0 Å². The van der Waals surface area contributed by atoms with Crippen molar-refractivity contribution in [1.29, 1.82) is 0 Å². The van der Waals surface area contributed by atoms with E-state index in [1.807, 2.05) is 6.92 Å². The molecule has 0 aromatic rings. The first kappa shape index (κ1) is 8.02. The summed E-state index contributed by atoms with van der Waals surface area (Å²) in [6.45, 7) is 4.16. The molecule has 0 aromatic heterocycles. The van der Waals surface area contributed by atoms with E-state index in [1.165, 1.54) is 12.8 Å². The first-order valence-electron chi connectivity index (χ1n) is 4.18. The van der Waals surface area contributed by atoms with Crippen LogP contribution >= 0.6 is 0 Å². The Morgan fingerprint density at radius 2 is 2.10 bits per heavy atom. The van der Waals surface area contributed by atoms with Crippen LogP contribution in [0.1, 0.15) is 39.5 Å². The molecule has 0 unspecified atom stereocenters. The average molecular weight is 143 g/mol. The average Bonchev–Trinajstić information content (AvgIpc) is 2.70. The number of nitrogens with one attached hydrogen (secondary N) is 1. The summed E-state index contributed by atoms with van der Waals surface area (Å²) in [6.07, 6.45) is 4.13. The molecule has 0 heterocycles. The minimum Gasteiger partial charge on any atom is -0.379 e. The van der Waals surface area contributed by atoms with Crippen molar-refractivity contribution < 1.29 is 5.11 Å². The van der Waals surface area contributed by atoms with Gasteiger partial charge in [-0.2, -0.15) is 0 Å². The molecule has 10 heavy (non-hydrogen) atoms. The molecular formula is C8H17NO. The van der Waals surface area contributed by atoms with Gasteiger partial charge in [-0.15, -0.1) is 0 Å². The van der Waals surface area contributed by atoms with Crippen molar-refractivity contribution in [3.05, 3.63) is 0 Å². The van der Waals surface area contributed by atoms with Gasteiger partial charge in [-0.25, -0.2) is 0 Å². The Morgan fingerprint density at radius 3 is 2.40 bits per heavy atom. The Kier molecular flexibility index (Phi) is 2.32. The maximum atomic E-state index is 9.25. The molecule has 60 valence electrons. The summed E-state index contributed by atoms with van der Waals surface area (Å²) in [7, 11) is 0. The fraction of sp³-hybridized carbons (Fsp3) is 1.00. The standard InChI is InChI=1S/C8H17NO/c1-3-7(10)9-8(4-2)5-6-8/h7,9-10H,3-6H2,1-2H3/t7-/m0/s1. The predicted octanol–water partition coefficient (Wildman–Crippen LogP) is 1.25. The van der Waals surface area contributed by atoms with Crippen molar-refractivity contribution in [1.82, 2.24) is 5.32 Å². The molecule has 1 fully saturated rings. The highest BCUT2D eigenvalue weighted by Crippen LogP contribution is 2.38. The van der Waals surface area contributed by atoms with E-state index in [0.29, 0.717) is 5.54 Å². The number of hydrogen-bond acceptors (Lipinski definition) is 2.